The number of nitrogens with zero attached hydrogens (tertiary/aromatic N) is 3. The van der Waals surface area contributed by atoms with Gasteiger partial charge < -0.3 is 15.7 Å². The number of aromatic nitrogens is 3. The van der Waals surface area contributed by atoms with Crippen LogP contribution in [0.25, 0.3) is 11.4 Å². The van der Waals surface area contributed by atoms with E-state index >= 15 is 0 Å². The Hall–Kier alpha value is -2.62. The molecule has 0 spiro atoms. The molecule has 3 atom stereocenters. The molecule has 3 unspecified atom stereocenters. The standard InChI is InChI=1S/C17H18F3N5O2/c1-25-15(10-3-2-9(6-13(10)26)17(18,19)20)24-23-14(16(25)27)22-12-5-8-4-11(12)21-7-8/h2-3,6,8,11-12,21,26H,4-5,7H2,1H3,(H,22,23). The highest BCUT2D eigenvalue weighted by Gasteiger charge is 2.40. The summed E-state index contributed by atoms with van der Waals surface area (Å²) < 4.78 is 39.4. The Kier molecular flexibility index (Phi) is 4.10. The summed E-state index contributed by atoms with van der Waals surface area (Å²) in [6.45, 7) is 0.985. The van der Waals surface area contributed by atoms with Crippen molar-refractivity contribution in [2.24, 2.45) is 13.0 Å². The molecule has 1 aromatic heterocycles. The van der Waals surface area contributed by atoms with Crippen molar-refractivity contribution in [2.45, 2.75) is 31.1 Å². The van der Waals surface area contributed by atoms with Gasteiger partial charge in [0.25, 0.3) is 5.56 Å². The van der Waals surface area contributed by atoms with Crippen molar-refractivity contribution in [3.63, 3.8) is 0 Å². The van der Waals surface area contributed by atoms with Gasteiger partial charge in [0.05, 0.1) is 11.1 Å². The molecule has 2 fully saturated rings. The fourth-order valence-electron chi connectivity index (χ4n) is 3.87. The third kappa shape index (κ3) is 3.14. The van der Waals surface area contributed by atoms with Gasteiger partial charge in [0.2, 0.25) is 5.82 Å². The summed E-state index contributed by atoms with van der Waals surface area (Å²) in [6.07, 6.45) is -2.57. The molecule has 1 saturated carbocycles. The van der Waals surface area contributed by atoms with Gasteiger partial charge >= 0.3 is 6.18 Å². The first kappa shape index (κ1) is 17.8. The maximum Gasteiger partial charge on any atom is 0.416 e. The summed E-state index contributed by atoms with van der Waals surface area (Å²) in [6, 6.07) is 2.90. The lowest BCUT2D eigenvalue weighted by Gasteiger charge is -2.24. The molecule has 27 heavy (non-hydrogen) atoms. The van der Waals surface area contributed by atoms with Crippen LogP contribution in [-0.4, -0.2) is 38.5 Å². The number of phenols is 1. The fraction of sp³-hybridized carbons (Fsp3) is 0.471. The average molecular weight is 381 g/mol. The molecule has 1 saturated heterocycles. The maximum atomic E-state index is 12.7. The number of hydrogen-bond acceptors (Lipinski definition) is 6. The van der Waals surface area contributed by atoms with Crippen LogP contribution in [0.1, 0.15) is 18.4 Å². The minimum atomic E-state index is -4.57. The first-order valence-corrected chi connectivity index (χ1v) is 8.58. The zero-order chi connectivity index (χ0) is 19.3. The van der Waals surface area contributed by atoms with E-state index in [2.05, 4.69) is 20.8 Å². The molecular weight excluding hydrogens is 363 g/mol. The van der Waals surface area contributed by atoms with Crippen molar-refractivity contribution in [2.75, 3.05) is 11.9 Å². The van der Waals surface area contributed by atoms with Crippen LogP contribution >= 0.6 is 0 Å². The highest BCUT2D eigenvalue weighted by Crippen LogP contribution is 2.36. The van der Waals surface area contributed by atoms with Crippen LogP contribution in [-0.2, 0) is 13.2 Å². The number of hydrogen-bond donors (Lipinski definition) is 3. The van der Waals surface area contributed by atoms with Gasteiger partial charge in [-0.05, 0) is 43.5 Å². The number of aromatic hydroxyl groups is 1. The normalized spacial score (nSPS) is 24.4. The molecule has 2 bridgehead atoms. The lowest BCUT2D eigenvalue weighted by Crippen LogP contribution is -2.43. The SMILES string of the molecule is Cn1c(-c2ccc(C(F)(F)F)cc2O)nnc(NC2CC3CNC2C3)c1=O. The number of phenolic OH excluding ortho intramolecular Hbond substituents is 1. The second-order valence-corrected chi connectivity index (χ2v) is 7.07. The van der Waals surface area contributed by atoms with Crippen molar-refractivity contribution < 1.29 is 18.3 Å². The van der Waals surface area contributed by atoms with E-state index in [-0.39, 0.29) is 23.2 Å². The summed E-state index contributed by atoms with van der Waals surface area (Å²) in [5.41, 5.74) is -1.44. The lowest BCUT2D eigenvalue weighted by molar-refractivity contribution is -0.137. The molecule has 1 aliphatic heterocycles. The van der Waals surface area contributed by atoms with Crippen LogP contribution in [0.3, 0.4) is 0 Å². The van der Waals surface area contributed by atoms with E-state index in [4.69, 9.17) is 0 Å². The molecule has 0 radical (unpaired) electrons. The van der Waals surface area contributed by atoms with Gasteiger partial charge in [-0.3, -0.25) is 9.36 Å². The molecule has 1 aromatic carbocycles. The Labute approximate surface area is 152 Å². The van der Waals surface area contributed by atoms with Gasteiger partial charge in [-0.15, -0.1) is 10.2 Å². The summed E-state index contributed by atoms with van der Waals surface area (Å²) in [5, 5.41) is 24.4. The molecule has 144 valence electrons. The minimum absolute atomic E-state index is 0.00300. The van der Waals surface area contributed by atoms with Crippen molar-refractivity contribution >= 4 is 5.82 Å². The summed E-state index contributed by atoms with van der Waals surface area (Å²) in [4.78, 5) is 12.6. The van der Waals surface area contributed by atoms with Crippen LogP contribution in [0.15, 0.2) is 23.0 Å². The van der Waals surface area contributed by atoms with Crippen molar-refractivity contribution in [1.29, 1.82) is 0 Å². The van der Waals surface area contributed by atoms with Gasteiger partial charge in [-0.25, -0.2) is 0 Å². The molecule has 2 aliphatic rings. The van der Waals surface area contributed by atoms with Crippen LogP contribution < -0.4 is 16.2 Å². The molecule has 2 aromatic rings. The average Bonchev–Trinajstić information content (AvgIpc) is 3.22. The maximum absolute atomic E-state index is 12.7. The molecule has 3 N–H and O–H groups in total. The Balaban J connectivity index is 1.63. The number of rotatable bonds is 3. The van der Waals surface area contributed by atoms with Crippen LogP contribution in [0.2, 0.25) is 0 Å². The van der Waals surface area contributed by atoms with Crippen molar-refractivity contribution in [1.82, 2.24) is 20.1 Å². The largest absolute Gasteiger partial charge is 0.507 e. The Morgan fingerprint density at radius 3 is 2.67 bits per heavy atom. The topological polar surface area (TPSA) is 92.1 Å². The number of benzene rings is 1. The van der Waals surface area contributed by atoms with Gasteiger partial charge in [-0.1, -0.05) is 0 Å². The molecule has 2 heterocycles. The van der Waals surface area contributed by atoms with E-state index in [1.807, 2.05) is 0 Å². The quantitative estimate of drug-likeness (QED) is 0.750. The fourth-order valence-corrected chi connectivity index (χ4v) is 3.87. The second kappa shape index (κ2) is 6.22. The summed E-state index contributed by atoms with van der Waals surface area (Å²) >= 11 is 0. The first-order valence-electron chi connectivity index (χ1n) is 8.58. The van der Waals surface area contributed by atoms with Crippen LogP contribution in [0.4, 0.5) is 19.0 Å². The van der Waals surface area contributed by atoms with Gasteiger partial charge in [0.1, 0.15) is 5.75 Å². The predicted octanol–water partition coefficient (Wildman–Crippen LogP) is 1.73. The molecule has 7 nitrogen and oxygen atoms in total. The number of fused-ring (bicyclic) bond motifs is 2. The third-order valence-electron chi connectivity index (χ3n) is 5.29. The van der Waals surface area contributed by atoms with E-state index < -0.39 is 23.0 Å². The number of nitrogens with one attached hydrogen (secondary N) is 2. The molecular formula is C17H18F3N5O2. The van der Waals surface area contributed by atoms with Crippen molar-refractivity contribution in [3.05, 3.63) is 34.1 Å². The van der Waals surface area contributed by atoms with E-state index in [9.17, 15) is 23.1 Å². The van der Waals surface area contributed by atoms with Crippen LogP contribution in [0, 0.1) is 5.92 Å². The third-order valence-corrected chi connectivity index (χ3v) is 5.29. The number of alkyl halides is 3. The summed E-state index contributed by atoms with van der Waals surface area (Å²) in [7, 11) is 1.44. The zero-order valence-electron chi connectivity index (χ0n) is 14.4. The lowest BCUT2D eigenvalue weighted by atomic mass is 10.1. The molecule has 10 heteroatoms. The molecule has 0 amide bonds. The van der Waals surface area contributed by atoms with Gasteiger partial charge in [0, 0.05) is 19.1 Å². The number of anilines is 1. The number of halogens is 3. The predicted molar refractivity (Wildman–Crippen MR) is 91.3 cm³/mol. The van der Waals surface area contributed by atoms with Crippen molar-refractivity contribution in [3.8, 4) is 17.1 Å². The van der Waals surface area contributed by atoms with E-state index in [0.29, 0.717) is 18.0 Å². The second-order valence-electron chi connectivity index (χ2n) is 7.07. The Morgan fingerprint density at radius 2 is 2.07 bits per heavy atom. The molecule has 4 rings (SSSR count). The Morgan fingerprint density at radius 1 is 1.30 bits per heavy atom. The Bertz CT molecular complexity index is 943. The highest BCUT2D eigenvalue weighted by atomic mass is 19.4. The highest BCUT2D eigenvalue weighted by molar-refractivity contribution is 5.65. The van der Waals surface area contributed by atoms with Gasteiger partial charge in [-0.2, -0.15) is 13.2 Å². The van der Waals surface area contributed by atoms with Gasteiger partial charge in [0.15, 0.2) is 5.82 Å². The summed E-state index contributed by atoms with van der Waals surface area (Å²) in [5.74, 6) is 0.0506. The monoisotopic (exact) mass is 381 g/mol. The van der Waals surface area contributed by atoms with E-state index in [1.165, 1.54) is 7.05 Å². The zero-order valence-corrected chi connectivity index (χ0v) is 14.4. The minimum Gasteiger partial charge on any atom is -0.507 e. The van der Waals surface area contributed by atoms with E-state index in [1.54, 1.807) is 0 Å². The number of piperidine rings is 1. The first-order chi connectivity index (χ1) is 12.7. The van der Waals surface area contributed by atoms with Crippen LogP contribution in [0.5, 0.6) is 5.75 Å². The molecule has 1 aliphatic carbocycles. The van der Waals surface area contributed by atoms with E-state index in [0.717, 1.165) is 36.1 Å². The smallest absolute Gasteiger partial charge is 0.416 e.